The molecule has 0 aromatic heterocycles. The lowest BCUT2D eigenvalue weighted by atomic mass is 9.98. The number of carbonyl (C=O) groups excluding carboxylic acids is 2. The molecule has 1 rings (SSSR count). The van der Waals surface area contributed by atoms with E-state index in [1.165, 1.54) is 14.0 Å². The Labute approximate surface area is 70.0 Å². The summed E-state index contributed by atoms with van der Waals surface area (Å²) in [4.78, 5) is 21.8. The van der Waals surface area contributed by atoms with Crippen LogP contribution in [-0.4, -0.2) is 37.7 Å². The van der Waals surface area contributed by atoms with E-state index in [1.54, 1.807) is 0 Å². The molecule has 0 unspecified atom stereocenters. The first kappa shape index (κ1) is 8.99. The van der Waals surface area contributed by atoms with Crippen molar-refractivity contribution < 1.29 is 19.1 Å². The molecule has 12 heavy (non-hydrogen) atoms. The van der Waals surface area contributed by atoms with Gasteiger partial charge >= 0.3 is 5.97 Å². The van der Waals surface area contributed by atoms with Crippen molar-refractivity contribution in [3.05, 3.63) is 0 Å². The van der Waals surface area contributed by atoms with Crippen molar-refractivity contribution in [1.29, 1.82) is 0 Å². The summed E-state index contributed by atoms with van der Waals surface area (Å²) in [5.74, 6) is -0.715. The number of hydrogen-bond donors (Lipinski definition) is 1. The Bertz CT molecular complexity index is 209. The van der Waals surface area contributed by atoms with Crippen LogP contribution in [0.15, 0.2) is 0 Å². The van der Waals surface area contributed by atoms with E-state index >= 15 is 0 Å². The van der Waals surface area contributed by atoms with Gasteiger partial charge in [0.05, 0.1) is 20.3 Å². The maximum Gasteiger partial charge on any atom is 0.336 e. The van der Waals surface area contributed by atoms with E-state index in [4.69, 9.17) is 4.74 Å². The van der Waals surface area contributed by atoms with Gasteiger partial charge in [-0.15, -0.1) is 0 Å². The molecule has 68 valence electrons. The Balaban J connectivity index is 2.62. The van der Waals surface area contributed by atoms with E-state index in [-0.39, 0.29) is 19.1 Å². The first-order chi connectivity index (χ1) is 5.60. The molecule has 5 heteroatoms. The molecule has 1 fully saturated rings. The zero-order chi connectivity index (χ0) is 9.19. The molecule has 0 bridgehead atoms. The fraction of sp³-hybridized carbons (Fsp3) is 0.714. The molecule has 1 amide bonds. The summed E-state index contributed by atoms with van der Waals surface area (Å²) in [5, 5.41) is 2.50. The first-order valence-corrected chi connectivity index (χ1v) is 3.56. The van der Waals surface area contributed by atoms with Crippen molar-refractivity contribution in [2.45, 2.75) is 12.5 Å². The maximum absolute atomic E-state index is 11.1. The van der Waals surface area contributed by atoms with Crippen molar-refractivity contribution in [3.63, 3.8) is 0 Å². The Morgan fingerprint density at radius 3 is 2.33 bits per heavy atom. The van der Waals surface area contributed by atoms with Crippen molar-refractivity contribution in [2.24, 2.45) is 0 Å². The lowest BCUT2D eigenvalue weighted by molar-refractivity contribution is -0.171. The smallest absolute Gasteiger partial charge is 0.336 e. The fourth-order valence-electron chi connectivity index (χ4n) is 1.08. The van der Waals surface area contributed by atoms with Crippen LogP contribution in [-0.2, 0) is 19.1 Å². The van der Waals surface area contributed by atoms with E-state index in [9.17, 15) is 9.59 Å². The summed E-state index contributed by atoms with van der Waals surface area (Å²) in [6.07, 6.45) is 0. The molecule has 1 saturated heterocycles. The monoisotopic (exact) mass is 173 g/mol. The summed E-state index contributed by atoms with van der Waals surface area (Å²) in [6, 6.07) is 0. The second-order valence-corrected chi connectivity index (χ2v) is 2.75. The molecular weight excluding hydrogens is 162 g/mol. The van der Waals surface area contributed by atoms with Crippen LogP contribution < -0.4 is 5.32 Å². The van der Waals surface area contributed by atoms with Crippen LogP contribution >= 0.6 is 0 Å². The second kappa shape index (κ2) is 3.10. The highest BCUT2D eigenvalue weighted by Gasteiger charge is 2.47. The third kappa shape index (κ3) is 1.40. The quantitative estimate of drug-likeness (QED) is 0.547. The lowest BCUT2D eigenvalue weighted by Gasteiger charge is -2.38. The third-order valence-corrected chi connectivity index (χ3v) is 1.69. The highest BCUT2D eigenvalue weighted by atomic mass is 16.5. The molecule has 0 aromatic carbocycles. The third-order valence-electron chi connectivity index (χ3n) is 1.69. The number of rotatable bonds is 2. The van der Waals surface area contributed by atoms with Crippen LogP contribution in [0, 0.1) is 0 Å². The van der Waals surface area contributed by atoms with Crippen LogP contribution in [0.1, 0.15) is 6.92 Å². The Hall–Kier alpha value is -1.10. The van der Waals surface area contributed by atoms with Gasteiger partial charge in [-0.3, -0.25) is 4.79 Å². The molecule has 1 N–H and O–H groups in total. The molecule has 1 aliphatic heterocycles. The number of nitrogens with one attached hydrogen (secondary N) is 1. The molecule has 0 atom stereocenters. The van der Waals surface area contributed by atoms with Crippen LogP contribution in [0.25, 0.3) is 0 Å². The lowest BCUT2D eigenvalue weighted by Crippen LogP contribution is -2.67. The van der Waals surface area contributed by atoms with E-state index in [0.717, 1.165) is 0 Å². The van der Waals surface area contributed by atoms with Gasteiger partial charge in [0.15, 0.2) is 5.54 Å². The Morgan fingerprint density at radius 2 is 2.08 bits per heavy atom. The first-order valence-electron chi connectivity index (χ1n) is 3.56. The molecule has 0 aliphatic carbocycles. The summed E-state index contributed by atoms with van der Waals surface area (Å²) in [6.45, 7) is 1.74. The zero-order valence-corrected chi connectivity index (χ0v) is 7.05. The van der Waals surface area contributed by atoms with Gasteiger partial charge in [-0.05, 0) is 0 Å². The van der Waals surface area contributed by atoms with Gasteiger partial charge in [-0.25, -0.2) is 4.79 Å². The topological polar surface area (TPSA) is 64.6 Å². The minimum absolute atomic E-state index is 0.194. The minimum atomic E-state index is -0.930. The van der Waals surface area contributed by atoms with Crippen LogP contribution in [0.4, 0.5) is 0 Å². The van der Waals surface area contributed by atoms with E-state index in [1.807, 2.05) is 0 Å². The second-order valence-electron chi connectivity index (χ2n) is 2.75. The Kier molecular flexibility index (Phi) is 2.32. The van der Waals surface area contributed by atoms with Gasteiger partial charge in [0.2, 0.25) is 5.91 Å². The number of methoxy groups -OCH3 is 1. The minimum Gasteiger partial charge on any atom is -0.467 e. The summed E-state index contributed by atoms with van der Waals surface area (Å²) in [7, 11) is 1.28. The molecular formula is C7H11NO4. The van der Waals surface area contributed by atoms with E-state index in [2.05, 4.69) is 10.1 Å². The number of amides is 1. The van der Waals surface area contributed by atoms with Crippen molar-refractivity contribution in [3.8, 4) is 0 Å². The van der Waals surface area contributed by atoms with E-state index in [0.29, 0.717) is 0 Å². The molecule has 1 heterocycles. The summed E-state index contributed by atoms with van der Waals surface area (Å²) < 4.78 is 9.37. The van der Waals surface area contributed by atoms with Crippen molar-refractivity contribution in [2.75, 3.05) is 20.3 Å². The molecule has 0 spiro atoms. The standard InChI is InChI=1S/C7H11NO4/c1-5(9)8-7(3-12-4-7)6(10)11-2/h3-4H2,1-2H3,(H,8,9). The average Bonchev–Trinajstić information content (AvgIpc) is 1.95. The molecule has 0 saturated carbocycles. The molecule has 0 aromatic rings. The van der Waals surface area contributed by atoms with Crippen molar-refractivity contribution >= 4 is 11.9 Å². The van der Waals surface area contributed by atoms with Crippen LogP contribution in [0.3, 0.4) is 0 Å². The number of hydrogen-bond acceptors (Lipinski definition) is 4. The van der Waals surface area contributed by atoms with Crippen LogP contribution in [0.5, 0.6) is 0 Å². The van der Waals surface area contributed by atoms with Gasteiger partial charge < -0.3 is 14.8 Å². The highest BCUT2D eigenvalue weighted by molar-refractivity contribution is 5.88. The number of ether oxygens (including phenoxy) is 2. The highest BCUT2D eigenvalue weighted by Crippen LogP contribution is 2.18. The van der Waals surface area contributed by atoms with Gasteiger partial charge in [-0.2, -0.15) is 0 Å². The molecule has 5 nitrogen and oxygen atoms in total. The number of esters is 1. The van der Waals surface area contributed by atoms with Gasteiger partial charge in [-0.1, -0.05) is 0 Å². The van der Waals surface area contributed by atoms with Gasteiger partial charge in [0.1, 0.15) is 0 Å². The average molecular weight is 173 g/mol. The summed E-state index contributed by atoms with van der Waals surface area (Å²) in [5.41, 5.74) is -0.930. The fourth-order valence-corrected chi connectivity index (χ4v) is 1.08. The normalized spacial score (nSPS) is 19.2. The SMILES string of the molecule is COC(=O)C1(NC(C)=O)COC1. The maximum atomic E-state index is 11.1. The van der Waals surface area contributed by atoms with Crippen LogP contribution in [0.2, 0.25) is 0 Å². The summed E-state index contributed by atoms with van der Waals surface area (Å²) >= 11 is 0. The van der Waals surface area contributed by atoms with Gasteiger partial charge in [0.25, 0.3) is 0 Å². The molecule has 1 aliphatic rings. The predicted octanol–water partition coefficient (Wildman–Crippen LogP) is -0.935. The number of carbonyl (C=O) groups is 2. The van der Waals surface area contributed by atoms with Crippen molar-refractivity contribution in [1.82, 2.24) is 5.32 Å². The van der Waals surface area contributed by atoms with E-state index < -0.39 is 11.5 Å². The zero-order valence-electron chi connectivity index (χ0n) is 7.05. The predicted molar refractivity (Wildman–Crippen MR) is 39.4 cm³/mol. The Morgan fingerprint density at radius 1 is 1.50 bits per heavy atom. The van der Waals surface area contributed by atoms with Gasteiger partial charge in [0, 0.05) is 6.92 Å². The molecule has 0 radical (unpaired) electrons. The largest absolute Gasteiger partial charge is 0.467 e.